The van der Waals surface area contributed by atoms with Gasteiger partial charge in [0, 0.05) is 0 Å². The second-order valence-corrected chi connectivity index (χ2v) is 6.80. The summed E-state index contributed by atoms with van der Waals surface area (Å²) in [6.45, 7) is 7.84. The number of hydrogen-bond donors (Lipinski definition) is 1. The van der Waals surface area contributed by atoms with Crippen LogP contribution in [-0.2, 0) is 19.1 Å². The Morgan fingerprint density at radius 3 is 2.45 bits per heavy atom. The molecule has 0 heterocycles. The zero-order valence-corrected chi connectivity index (χ0v) is 14.4. The van der Waals surface area contributed by atoms with Crippen molar-refractivity contribution in [3.05, 3.63) is 0 Å². The van der Waals surface area contributed by atoms with Crippen molar-refractivity contribution in [2.45, 2.75) is 65.1 Å². The number of carbonyl (C=O) groups excluding carboxylic acids is 2. The highest BCUT2D eigenvalue weighted by atomic mass is 16.5. The van der Waals surface area contributed by atoms with E-state index >= 15 is 0 Å². The monoisotopic (exact) mass is 314 g/mol. The third kappa shape index (κ3) is 4.29. The molecular weight excluding hydrogens is 284 g/mol. The van der Waals surface area contributed by atoms with Crippen LogP contribution in [-0.4, -0.2) is 42.3 Å². The first-order valence-electron chi connectivity index (χ1n) is 8.21. The lowest BCUT2D eigenvalue weighted by atomic mass is 9.75. The van der Waals surface area contributed by atoms with Crippen molar-refractivity contribution in [2.75, 3.05) is 13.7 Å². The summed E-state index contributed by atoms with van der Waals surface area (Å²) in [5.41, 5.74) is -2.09. The van der Waals surface area contributed by atoms with Gasteiger partial charge in [0.2, 0.25) is 11.4 Å². The number of ether oxygens (including phenoxy) is 2. The molecule has 1 aliphatic rings. The van der Waals surface area contributed by atoms with Crippen LogP contribution in [0.3, 0.4) is 0 Å². The van der Waals surface area contributed by atoms with Gasteiger partial charge < -0.3 is 14.6 Å². The molecule has 0 aliphatic heterocycles. The summed E-state index contributed by atoms with van der Waals surface area (Å²) in [4.78, 5) is 23.9. The smallest absolute Gasteiger partial charge is 0.345 e. The van der Waals surface area contributed by atoms with E-state index in [0.717, 1.165) is 20.0 Å². The molecule has 1 N–H and O–H groups in total. The van der Waals surface area contributed by atoms with Gasteiger partial charge in [0.05, 0.1) is 13.2 Å². The number of carbonyl (C=O) groups is 2. The van der Waals surface area contributed by atoms with Crippen LogP contribution >= 0.6 is 0 Å². The minimum absolute atomic E-state index is 0.00598. The van der Waals surface area contributed by atoms with Crippen molar-refractivity contribution in [1.29, 1.82) is 0 Å². The average molecular weight is 314 g/mol. The number of esters is 1. The standard InChI is InChI=1S/C17H30O5/c1-6-17(20,16(19)21-5)15(18)10-22-14-9-12(4)7-8-13(14)11(2)3/h11-14,20H,6-10H2,1-5H3. The lowest BCUT2D eigenvalue weighted by Gasteiger charge is -2.37. The minimum Gasteiger partial charge on any atom is -0.467 e. The van der Waals surface area contributed by atoms with Gasteiger partial charge in [0.15, 0.2) is 0 Å². The number of rotatable bonds is 7. The number of methoxy groups -OCH3 is 1. The van der Waals surface area contributed by atoms with Gasteiger partial charge in [-0.05, 0) is 37.0 Å². The molecule has 5 nitrogen and oxygen atoms in total. The van der Waals surface area contributed by atoms with Gasteiger partial charge in [0.25, 0.3) is 0 Å². The molecule has 0 saturated heterocycles. The summed E-state index contributed by atoms with van der Waals surface area (Å²) < 4.78 is 10.3. The number of ketones is 1. The molecule has 0 aromatic heterocycles. The number of Topliss-reactive ketones (excluding diaryl/α,β-unsaturated/α-hetero) is 1. The fraction of sp³-hybridized carbons (Fsp3) is 0.882. The molecule has 4 atom stereocenters. The Balaban J connectivity index is 2.69. The lowest BCUT2D eigenvalue weighted by molar-refractivity contribution is -0.172. The lowest BCUT2D eigenvalue weighted by Crippen LogP contribution is -2.49. The summed E-state index contributed by atoms with van der Waals surface area (Å²) in [5, 5.41) is 10.2. The summed E-state index contributed by atoms with van der Waals surface area (Å²) in [7, 11) is 1.16. The molecule has 1 fully saturated rings. The third-order valence-electron chi connectivity index (χ3n) is 4.89. The van der Waals surface area contributed by atoms with Gasteiger partial charge in [-0.3, -0.25) is 4.79 Å². The predicted octanol–water partition coefficient (Wildman–Crippen LogP) is 2.35. The topological polar surface area (TPSA) is 72.8 Å². The fourth-order valence-electron chi connectivity index (χ4n) is 3.23. The van der Waals surface area contributed by atoms with Gasteiger partial charge in [-0.2, -0.15) is 0 Å². The van der Waals surface area contributed by atoms with Gasteiger partial charge in [-0.1, -0.05) is 34.1 Å². The molecule has 0 radical (unpaired) electrons. The van der Waals surface area contributed by atoms with Crippen molar-refractivity contribution in [3.63, 3.8) is 0 Å². The number of aliphatic hydroxyl groups is 1. The quantitative estimate of drug-likeness (QED) is 0.577. The first-order chi connectivity index (χ1) is 10.3. The van der Waals surface area contributed by atoms with Gasteiger partial charge in [-0.25, -0.2) is 4.79 Å². The van der Waals surface area contributed by atoms with Crippen molar-refractivity contribution >= 4 is 11.8 Å². The van der Waals surface area contributed by atoms with Crippen molar-refractivity contribution in [2.24, 2.45) is 17.8 Å². The fourth-order valence-corrected chi connectivity index (χ4v) is 3.23. The Labute approximate surface area is 133 Å². The first kappa shape index (κ1) is 19.1. The van der Waals surface area contributed by atoms with E-state index in [4.69, 9.17) is 4.74 Å². The molecule has 22 heavy (non-hydrogen) atoms. The minimum atomic E-state index is -2.09. The Morgan fingerprint density at radius 1 is 1.32 bits per heavy atom. The molecule has 0 aromatic rings. The van der Waals surface area contributed by atoms with Crippen LogP contribution in [0.5, 0.6) is 0 Å². The van der Waals surface area contributed by atoms with E-state index < -0.39 is 17.4 Å². The SMILES string of the molecule is CCC(O)(C(=O)COC1CC(C)CCC1C(C)C)C(=O)OC. The Morgan fingerprint density at radius 2 is 1.95 bits per heavy atom. The molecule has 0 aromatic carbocycles. The van der Waals surface area contributed by atoms with E-state index in [0.29, 0.717) is 17.8 Å². The maximum atomic E-state index is 12.2. The van der Waals surface area contributed by atoms with Crippen molar-refractivity contribution in [1.82, 2.24) is 0 Å². The molecular formula is C17H30O5. The van der Waals surface area contributed by atoms with Crippen LogP contribution in [0.4, 0.5) is 0 Å². The molecule has 1 rings (SSSR count). The zero-order valence-electron chi connectivity index (χ0n) is 14.4. The predicted molar refractivity (Wildman–Crippen MR) is 83.3 cm³/mol. The summed E-state index contributed by atoms with van der Waals surface area (Å²) >= 11 is 0. The number of hydrogen-bond acceptors (Lipinski definition) is 5. The Kier molecular flexibility index (Phi) is 7.00. The summed E-state index contributed by atoms with van der Waals surface area (Å²) in [6.07, 6.45) is 3.17. The Bertz CT molecular complexity index is 393. The molecule has 5 heteroatoms. The zero-order chi connectivity index (χ0) is 16.9. The van der Waals surface area contributed by atoms with E-state index in [-0.39, 0.29) is 19.1 Å². The molecule has 4 unspecified atom stereocenters. The van der Waals surface area contributed by atoms with E-state index in [1.165, 1.54) is 6.42 Å². The maximum absolute atomic E-state index is 12.2. The van der Waals surface area contributed by atoms with E-state index in [1.807, 2.05) is 0 Å². The molecule has 0 amide bonds. The van der Waals surface area contributed by atoms with Crippen LogP contribution in [0.1, 0.15) is 53.4 Å². The summed E-state index contributed by atoms with van der Waals surface area (Å²) in [6, 6.07) is 0. The van der Waals surface area contributed by atoms with Gasteiger partial charge >= 0.3 is 5.97 Å². The van der Waals surface area contributed by atoms with Gasteiger partial charge in [0.1, 0.15) is 6.61 Å². The molecule has 1 aliphatic carbocycles. The molecule has 1 saturated carbocycles. The molecule has 0 bridgehead atoms. The molecule has 0 spiro atoms. The van der Waals surface area contributed by atoms with Crippen LogP contribution in [0.2, 0.25) is 0 Å². The van der Waals surface area contributed by atoms with E-state index in [1.54, 1.807) is 6.92 Å². The van der Waals surface area contributed by atoms with Crippen LogP contribution in [0.25, 0.3) is 0 Å². The second kappa shape index (κ2) is 8.06. The Hall–Kier alpha value is -0.940. The third-order valence-corrected chi connectivity index (χ3v) is 4.89. The highest BCUT2D eigenvalue weighted by Crippen LogP contribution is 2.35. The van der Waals surface area contributed by atoms with Crippen molar-refractivity contribution in [3.8, 4) is 0 Å². The van der Waals surface area contributed by atoms with E-state index in [9.17, 15) is 14.7 Å². The van der Waals surface area contributed by atoms with Crippen LogP contribution < -0.4 is 0 Å². The summed E-state index contributed by atoms with van der Waals surface area (Å²) in [5.74, 6) is -0.0699. The van der Waals surface area contributed by atoms with Crippen molar-refractivity contribution < 1.29 is 24.2 Å². The molecule has 128 valence electrons. The largest absolute Gasteiger partial charge is 0.467 e. The maximum Gasteiger partial charge on any atom is 0.345 e. The normalized spacial score (nSPS) is 28.2. The van der Waals surface area contributed by atoms with Gasteiger partial charge in [-0.15, -0.1) is 0 Å². The van der Waals surface area contributed by atoms with E-state index in [2.05, 4.69) is 25.5 Å². The highest BCUT2D eigenvalue weighted by molar-refractivity contribution is 6.07. The van der Waals surface area contributed by atoms with Crippen LogP contribution in [0.15, 0.2) is 0 Å². The first-order valence-corrected chi connectivity index (χ1v) is 8.21. The average Bonchev–Trinajstić information content (AvgIpc) is 2.50. The highest BCUT2D eigenvalue weighted by Gasteiger charge is 2.43. The second-order valence-electron chi connectivity index (χ2n) is 6.80. The van der Waals surface area contributed by atoms with Crippen LogP contribution in [0, 0.1) is 17.8 Å².